The molecule has 7 nitrogen and oxygen atoms in total. The van der Waals surface area contributed by atoms with E-state index in [1.165, 1.54) is 24.4 Å². The van der Waals surface area contributed by atoms with Crippen molar-refractivity contribution < 1.29 is 8.78 Å². The SMILES string of the molecule is CC(C)(C)CNc1c(C#N)cnc2c(F)cc(NC(C3=CN(C4CC4)NN3)c3ccc(F)cc3)cc12. The van der Waals surface area contributed by atoms with Gasteiger partial charge < -0.3 is 16.1 Å². The van der Waals surface area contributed by atoms with Gasteiger partial charge in [-0.3, -0.25) is 9.99 Å². The molecular formula is C27H29F2N7. The van der Waals surface area contributed by atoms with Gasteiger partial charge in [0.1, 0.15) is 17.4 Å². The summed E-state index contributed by atoms with van der Waals surface area (Å²) in [5, 5.41) is 19.0. The standard InChI is InChI=1S/C27H29F2N7/c1-27(2,3)15-32-24-17(12-30)13-31-26-21(24)10-19(11-22(26)29)33-25(16-4-6-18(28)7-5-16)23-14-36(35-34-23)20-8-9-20/h4-7,10-11,13-14,20,25,33-35H,8-9,15H2,1-3H3,(H,31,32). The molecule has 36 heavy (non-hydrogen) atoms. The highest BCUT2D eigenvalue weighted by molar-refractivity contribution is 5.96. The van der Waals surface area contributed by atoms with Crippen LogP contribution in [0.1, 0.15) is 50.8 Å². The first-order chi connectivity index (χ1) is 17.2. The Morgan fingerprint density at radius 1 is 1.19 bits per heavy atom. The molecule has 1 fully saturated rings. The molecule has 0 saturated heterocycles. The number of halogens is 2. The van der Waals surface area contributed by atoms with Crippen LogP contribution >= 0.6 is 0 Å². The molecule has 1 aliphatic heterocycles. The molecule has 0 radical (unpaired) electrons. The normalized spacial score (nSPS) is 16.3. The fraction of sp³-hybridized carbons (Fsp3) is 0.333. The van der Waals surface area contributed by atoms with Gasteiger partial charge in [-0.1, -0.05) is 32.9 Å². The molecule has 9 heteroatoms. The van der Waals surface area contributed by atoms with Crippen LogP contribution < -0.4 is 21.6 Å². The summed E-state index contributed by atoms with van der Waals surface area (Å²) in [6, 6.07) is 11.6. The zero-order chi connectivity index (χ0) is 25.4. The van der Waals surface area contributed by atoms with Gasteiger partial charge in [0.2, 0.25) is 0 Å². The smallest absolute Gasteiger partial charge is 0.151 e. The van der Waals surface area contributed by atoms with Crippen molar-refractivity contribution in [2.24, 2.45) is 5.41 Å². The fourth-order valence-corrected chi connectivity index (χ4v) is 4.17. The molecule has 2 aromatic carbocycles. The van der Waals surface area contributed by atoms with E-state index in [0.29, 0.717) is 34.9 Å². The number of hydrazine groups is 2. The van der Waals surface area contributed by atoms with Gasteiger partial charge >= 0.3 is 0 Å². The van der Waals surface area contributed by atoms with Crippen molar-refractivity contribution >= 4 is 22.3 Å². The van der Waals surface area contributed by atoms with Crippen LogP contribution in [0.15, 0.2) is 54.5 Å². The number of anilines is 2. The lowest BCUT2D eigenvalue weighted by molar-refractivity contribution is 0.260. The maximum Gasteiger partial charge on any atom is 0.151 e. The highest BCUT2D eigenvalue weighted by Crippen LogP contribution is 2.35. The van der Waals surface area contributed by atoms with E-state index in [9.17, 15) is 9.65 Å². The van der Waals surface area contributed by atoms with Gasteiger partial charge in [0.05, 0.1) is 23.0 Å². The summed E-state index contributed by atoms with van der Waals surface area (Å²) < 4.78 is 29.0. The molecule has 1 unspecified atom stereocenters. The van der Waals surface area contributed by atoms with Crippen molar-refractivity contribution in [3.8, 4) is 6.07 Å². The topological polar surface area (TPSA) is 88.0 Å². The minimum Gasteiger partial charge on any atom is -0.383 e. The summed E-state index contributed by atoms with van der Waals surface area (Å²) >= 11 is 0. The van der Waals surface area contributed by atoms with Crippen molar-refractivity contribution in [3.05, 3.63) is 77.3 Å². The molecular weight excluding hydrogens is 460 g/mol. The van der Waals surface area contributed by atoms with Crippen LogP contribution in [0.4, 0.5) is 20.2 Å². The predicted molar refractivity (Wildman–Crippen MR) is 136 cm³/mol. The van der Waals surface area contributed by atoms with Gasteiger partial charge in [-0.25, -0.2) is 8.78 Å². The van der Waals surface area contributed by atoms with Crippen LogP contribution in [0.5, 0.6) is 0 Å². The van der Waals surface area contributed by atoms with E-state index < -0.39 is 11.9 Å². The summed E-state index contributed by atoms with van der Waals surface area (Å²) in [7, 11) is 0. The molecule has 0 amide bonds. The summed E-state index contributed by atoms with van der Waals surface area (Å²) in [6.45, 7) is 6.84. The molecule has 1 aromatic heterocycles. The largest absolute Gasteiger partial charge is 0.383 e. The van der Waals surface area contributed by atoms with E-state index in [-0.39, 0.29) is 16.7 Å². The van der Waals surface area contributed by atoms with E-state index in [0.717, 1.165) is 24.1 Å². The zero-order valence-corrected chi connectivity index (χ0v) is 20.5. The molecule has 0 spiro atoms. The number of fused-ring (bicyclic) bond motifs is 1. The number of hydrogen-bond acceptors (Lipinski definition) is 7. The highest BCUT2D eigenvalue weighted by Gasteiger charge is 2.32. The molecule has 5 rings (SSSR count). The first-order valence-electron chi connectivity index (χ1n) is 12.0. The van der Waals surface area contributed by atoms with Gasteiger partial charge in [0.15, 0.2) is 5.82 Å². The number of nitrogens with one attached hydrogen (secondary N) is 4. The Kier molecular flexibility index (Phi) is 6.14. The van der Waals surface area contributed by atoms with Crippen LogP contribution in [-0.2, 0) is 0 Å². The third kappa shape index (κ3) is 5.04. The average Bonchev–Trinajstić information content (AvgIpc) is 3.58. The average molecular weight is 490 g/mol. The van der Waals surface area contributed by atoms with Crippen molar-refractivity contribution in [2.45, 2.75) is 45.7 Å². The van der Waals surface area contributed by atoms with Crippen LogP contribution in [0, 0.1) is 28.4 Å². The molecule has 3 aromatic rings. The van der Waals surface area contributed by atoms with Gasteiger partial charge in [0, 0.05) is 36.1 Å². The molecule has 1 saturated carbocycles. The number of benzene rings is 2. The van der Waals surface area contributed by atoms with Crippen molar-refractivity contribution in [3.63, 3.8) is 0 Å². The third-order valence-corrected chi connectivity index (χ3v) is 6.21. The second-order valence-electron chi connectivity index (χ2n) is 10.5. The van der Waals surface area contributed by atoms with E-state index in [4.69, 9.17) is 0 Å². The summed E-state index contributed by atoms with van der Waals surface area (Å²) in [4.78, 5) is 4.21. The second kappa shape index (κ2) is 9.28. The van der Waals surface area contributed by atoms with Gasteiger partial charge in [0.25, 0.3) is 0 Å². The first kappa shape index (κ1) is 23.8. The maximum absolute atomic E-state index is 15.3. The predicted octanol–water partition coefficient (Wildman–Crippen LogP) is 5.32. The Balaban J connectivity index is 1.55. The van der Waals surface area contributed by atoms with Crippen LogP contribution in [0.2, 0.25) is 0 Å². The van der Waals surface area contributed by atoms with Crippen LogP contribution in [0.3, 0.4) is 0 Å². The second-order valence-corrected chi connectivity index (χ2v) is 10.5. The Bertz CT molecular complexity index is 1350. The zero-order valence-electron chi connectivity index (χ0n) is 20.5. The Labute approximate surface area is 209 Å². The number of nitrogens with zero attached hydrogens (tertiary/aromatic N) is 3. The van der Waals surface area contributed by atoms with Crippen molar-refractivity contribution in [1.29, 1.82) is 5.26 Å². The Hall–Kier alpha value is -3.90. The molecule has 2 aliphatic rings. The molecule has 4 N–H and O–H groups in total. The summed E-state index contributed by atoms with van der Waals surface area (Å²) in [5.74, 6) is -0.827. The minimum absolute atomic E-state index is 0.0501. The number of rotatable bonds is 7. The molecule has 1 aliphatic carbocycles. The number of hydrogen-bond donors (Lipinski definition) is 4. The lowest BCUT2D eigenvalue weighted by atomic mass is 9.96. The van der Waals surface area contributed by atoms with Crippen molar-refractivity contribution in [2.75, 3.05) is 17.2 Å². The quantitative estimate of drug-likeness (QED) is 0.357. The molecule has 1 atom stereocenters. The first-order valence-corrected chi connectivity index (χ1v) is 12.0. The Morgan fingerprint density at radius 3 is 2.61 bits per heavy atom. The van der Waals surface area contributed by atoms with E-state index in [1.54, 1.807) is 18.2 Å². The fourth-order valence-electron chi connectivity index (χ4n) is 4.17. The third-order valence-electron chi connectivity index (χ3n) is 6.21. The number of aromatic nitrogens is 1. The number of nitriles is 1. The highest BCUT2D eigenvalue weighted by atomic mass is 19.1. The minimum atomic E-state index is -0.498. The maximum atomic E-state index is 15.3. The molecule has 186 valence electrons. The van der Waals surface area contributed by atoms with Crippen molar-refractivity contribution in [1.82, 2.24) is 21.0 Å². The monoisotopic (exact) mass is 489 g/mol. The summed E-state index contributed by atoms with van der Waals surface area (Å²) in [5.41, 5.74) is 9.55. The van der Waals surface area contributed by atoms with Gasteiger partial charge in [-0.2, -0.15) is 5.26 Å². The van der Waals surface area contributed by atoms with Gasteiger partial charge in [-0.15, -0.1) is 5.53 Å². The van der Waals surface area contributed by atoms with Gasteiger partial charge in [-0.05, 0) is 48.1 Å². The van der Waals surface area contributed by atoms with Crippen LogP contribution in [-0.4, -0.2) is 22.6 Å². The van der Waals surface area contributed by atoms with E-state index in [1.807, 2.05) is 11.2 Å². The Morgan fingerprint density at radius 2 is 1.94 bits per heavy atom. The van der Waals surface area contributed by atoms with E-state index in [2.05, 4.69) is 53.4 Å². The lowest BCUT2D eigenvalue weighted by Crippen LogP contribution is -2.38. The molecule has 2 heterocycles. The summed E-state index contributed by atoms with van der Waals surface area (Å²) in [6.07, 6.45) is 5.61. The van der Waals surface area contributed by atoms with Crippen LogP contribution in [0.25, 0.3) is 10.9 Å². The van der Waals surface area contributed by atoms with E-state index >= 15 is 4.39 Å². The molecule has 0 bridgehead atoms. The lowest BCUT2D eigenvalue weighted by Gasteiger charge is -2.23. The number of pyridine rings is 1.